The van der Waals surface area contributed by atoms with Gasteiger partial charge in [0.05, 0.1) is 12.7 Å². The van der Waals surface area contributed by atoms with Gasteiger partial charge < -0.3 is 25.4 Å². The molecule has 0 aliphatic carbocycles. The van der Waals surface area contributed by atoms with Gasteiger partial charge in [-0.1, -0.05) is 12.1 Å². The van der Waals surface area contributed by atoms with Crippen molar-refractivity contribution >= 4 is 13.5 Å². The first-order valence-corrected chi connectivity index (χ1v) is 9.80. The van der Waals surface area contributed by atoms with Crippen LogP contribution in [0.1, 0.15) is 17.5 Å². The van der Waals surface area contributed by atoms with Crippen LogP contribution in [-0.4, -0.2) is 43.3 Å². The molecule has 6 N–H and O–H groups in total. The number of benzene rings is 1. The molecule has 11 nitrogen and oxygen atoms in total. The van der Waals surface area contributed by atoms with E-state index in [2.05, 4.69) is 9.51 Å². The van der Waals surface area contributed by atoms with E-state index in [9.17, 15) is 19.3 Å². The van der Waals surface area contributed by atoms with Gasteiger partial charge >= 0.3 is 13.5 Å². The van der Waals surface area contributed by atoms with E-state index in [0.717, 1.165) is 4.57 Å². The number of nitrogens with zero attached hydrogens (tertiary/aromatic N) is 1. The lowest BCUT2D eigenvalue weighted by molar-refractivity contribution is -0.0927. The summed E-state index contributed by atoms with van der Waals surface area (Å²) >= 11 is 0. The van der Waals surface area contributed by atoms with Crippen LogP contribution in [0.25, 0.3) is 0 Å². The van der Waals surface area contributed by atoms with E-state index in [0.29, 0.717) is 11.3 Å². The molecule has 1 aliphatic heterocycles. The van der Waals surface area contributed by atoms with Crippen molar-refractivity contribution in [3.63, 3.8) is 0 Å². The molecule has 1 fully saturated rings. The highest BCUT2D eigenvalue weighted by Gasteiger charge is 2.50. The summed E-state index contributed by atoms with van der Waals surface area (Å²) in [7, 11) is -4.78. The summed E-state index contributed by atoms with van der Waals surface area (Å²) in [5.74, 6) is 0. The van der Waals surface area contributed by atoms with Crippen molar-refractivity contribution in [1.82, 2.24) is 9.55 Å². The fourth-order valence-electron chi connectivity index (χ4n) is 3.17. The predicted molar refractivity (Wildman–Crippen MR) is 97.5 cm³/mol. The highest BCUT2D eigenvalue weighted by atomic mass is 31.2. The first-order valence-electron chi connectivity index (χ1n) is 8.27. The number of rotatable bonds is 5. The molecule has 3 rings (SSSR count). The fourth-order valence-corrected chi connectivity index (χ4v) is 3.51. The number of phosphoric acid groups is 1. The van der Waals surface area contributed by atoms with Crippen molar-refractivity contribution in [2.24, 2.45) is 0 Å². The van der Waals surface area contributed by atoms with Crippen molar-refractivity contribution in [1.29, 1.82) is 0 Å². The lowest BCUT2D eigenvalue weighted by atomic mass is 9.97. The van der Waals surface area contributed by atoms with Crippen LogP contribution >= 0.6 is 7.82 Å². The molecule has 0 unspecified atom stereocenters. The molecule has 0 radical (unpaired) electrons. The zero-order valence-electron chi connectivity index (χ0n) is 14.8. The Morgan fingerprint density at radius 2 is 2.00 bits per heavy atom. The molecular formula is C16H20N3O8P. The van der Waals surface area contributed by atoms with Crippen molar-refractivity contribution in [2.75, 3.05) is 12.3 Å². The zero-order chi connectivity index (χ0) is 20.7. The van der Waals surface area contributed by atoms with E-state index in [-0.39, 0.29) is 12.0 Å². The molecular weight excluding hydrogens is 393 g/mol. The quantitative estimate of drug-likeness (QED) is 0.316. The molecule has 2 heterocycles. The lowest BCUT2D eigenvalue weighted by Crippen LogP contribution is -2.45. The summed E-state index contributed by atoms with van der Waals surface area (Å²) in [6.07, 6.45) is -1.17. The van der Waals surface area contributed by atoms with Gasteiger partial charge in [0, 0.05) is 29.4 Å². The average Bonchev–Trinajstić information content (AvgIpc) is 2.94. The second kappa shape index (κ2) is 7.28. The van der Waals surface area contributed by atoms with Crippen LogP contribution in [0.2, 0.25) is 0 Å². The minimum atomic E-state index is -4.78. The highest BCUT2D eigenvalue weighted by Crippen LogP contribution is 2.43. The van der Waals surface area contributed by atoms with E-state index >= 15 is 0 Å². The normalized spacial score (nSPS) is 25.1. The molecule has 152 valence electrons. The van der Waals surface area contributed by atoms with Crippen LogP contribution in [0.15, 0.2) is 40.1 Å². The largest absolute Gasteiger partial charge is 0.469 e. The lowest BCUT2D eigenvalue weighted by Gasteiger charge is -2.32. The second-order valence-electron chi connectivity index (χ2n) is 6.56. The van der Waals surface area contributed by atoms with Crippen LogP contribution in [-0.2, 0) is 19.6 Å². The third-order valence-electron chi connectivity index (χ3n) is 4.54. The zero-order valence-corrected chi connectivity index (χ0v) is 15.7. The Balaban J connectivity index is 2.11. The van der Waals surface area contributed by atoms with Gasteiger partial charge in [-0.15, -0.1) is 0 Å². The Kier molecular flexibility index (Phi) is 5.32. The van der Waals surface area contributed by atoms with Crippen molar-refractivity contribution < 1.29 is 28.7 Å². The Hall–Kier alpha value is -2.27. The molecule has 0 saturated carbocycles. The number of anilines is 1. The summed E-state index contributed by atoms with van der Waals surface area (Å²) in [5, 5.41) is 10.4. The molecule has 12 heteroatoms. The smallest absolute Gasteiger partial charge is 0.399 e. The van der Waals surface area contributed by atoms with Crippen LogP contribution in [0, 0.1) is 6.92 Å². The van der Waals surface area contributed by atoms with Crippen LogP contribution in [0.5, 0.6) is 0 Å². The number of aliphatic hydroxyl groups is 1. The predicted octanol–water partition coefficient (Wildman–Crippen LogP) is -0.613. The third-order valence-corrected chi connectivity index (χ3v) is 5.02. The molecule has 1 aromatic carbocycles. The number of ether oxygens (including phenoxy) is 1. The van der Waals surface area contributed by atoms with Crippen LogP contribution < -0.4 is 17.0 Å². The van der Waals surface area contributed by atoms with Crippen LogP contribution in [0.3, 0.4) is 0 Å². The van der Waals surface area contributed by atoms with Gasteiger partial charge in [0.1, 0.15) is 6.10 Å². The maximum absolute atomic E-state index is 12.5. The number of aromatic nitrogens is 2. The Morgan fingerprint density at radius 1 is 1.36 bits per heavy atom. The Morgan fingerprint density at radius 3 is 2.61 bits per heavy atom. The molecule has 1 saturated heterocycles. The number of aliphatic hydroxyl groups excluding tert-OH is 1. The number of hydrogen-bond acceptors (Lipinski definition) is 7. The second-order valence-corrected chi connectivity index (χ2v) is 7.80. The number of hydrogen-bond donors (Lipinski definition) is 5. The molecule has 3 atom stereocenters. The molecule has 0 amide bonds. The van der Waals surface area contributed by atoms with Gasteiger partial charge in [-0.05, 0) is 19.1 Å². The SMILES string of the molecule is Cc1cn([C@@]2(c3ccc(N)cc3)C[C@H](O)[C@@H](COP(=O)(O)O)O2)c(=O)[nH]c1=O. The highest BCUT2D eigenvalue weighted by molar-refractivity contribution is 7.46. The van der Waals surface area contributed by atoms with E-state index in [1.54, 1.807) is 24.3 Å². The van der Waals surface area contributed by atoms with Gasteiger partial charge in [-0.3, -0.25) is 18.9 Å². The monoisotopic (exact) mass is 413 g/mol. The Bertz CT molecular complexity index is 1030. The average molecular weight is 413 g/mol. The summed E-state index contributed by atoms with van der Waals surface area (Å²) in [6.45, 7) is 0.907. The van der Waals surface area contributed by atoms with E-state index in [4.69, 9.17) is 20.3 Å². The number of nitrogens with one attached hydrogen (secondary N) is 1. The van der Waals surface area contributed by atoms with E-state index < -0.39 is 43.6 Å². The number of aromatic amines is 1. The molecule has 0 bridgehead atoms. The number of H-pyrrole nitrogens is 1. The van der Waals surface area contributed by atoms with Gasteiger partial charge in [-0.25, -0.2) is 9.36 Å². The summed E-state index contributed by atoms with van der Waals surface area (Å²) in [4.78, 5) is 44.3. The van der Waals surface area contributed by atoms with E-state index in [1.807, 2.05) is 0 Å². The van der Waals surface area contributed by atoms with Crippen molar-refractivity contribution in [3.05, 3.63) is 62.4 Å². The van der Waals surface area contributed by atoms with E-state index in [1.165, 1.54) is 13.1 Å². The minimum absolute atomic E-state index is 0.127. The third kappa shape index (κ3) is 3.95. The van der Waals surface area contributed by atoms with Gasteiger partial charge in [0.2, 0.25) is 0 Å². The van der Waals surface area contributed by atoms with Crippen molar-refractivity contribution in [3.8, 4) is 0 Å². The minimum Gasteiger partial charge on any atom is -0.399 e. The summed E-state index contributed by atoms with van der Waals surface area (Å²) in [5.41, 5.74) is 4.00. The number of aryl methyl sites for hydroxylation is 1. The first kappa shape index (κ1) is 20.5. The molecule has 1 aliphatic rings. The molecule has 1 aromatic heterocycles. The summed E-state index contributed by atoms with van der Waals surface area (Å²) < 4.78 is 22.5. The van der Waals surface area contributed by atoms with Gasteiger partial charge in [0.25, 0.3) is 5.56 Å². The molecule has 0 spiro atoms. The summed E-state index contributed by atoms with van der Waals surface area (Å²) in [6, 6.07) is 6.36. The standard InChI is InChI=1S/C16H20N3O8P/c1-9-7-19(15(22)18-14(9)21)16(10-2-4-11(17)5-3-10)6-12(20)13(27-16)8-26-28(23,24)25/h2-5,7,12-13,20H,6,8,17H2,1H3,(H,18,21,22)(H2,23,24,25)/t12-,13+,16-/m0/s1. The maximum atomic E-state index is 12.5. The number of nitrogens with two attached hydrogens (primary N) is 1. The molecule has 28 heavy (non-hydrogen) atoms. The van der Waals surface area contributed by atoms with Gasteiger partial charge in [0.15, 0.2) is 5.72 Å². The topological polar surface area (TPSA) is 177 Å². The Labute approximate surface area is 158 Å². The number of phosphoric ester groups is 1. The fraction of sp³-hybridized carbons (Fsp3) is 0.375. The number of nitrogen functional groups attached to an aromatic ring is 1. The van der Waals surface area contributed by atoms with Crippen LogP contribution in [0.4, 0.5) is 5.69 Å². The van der Waals surface area contributed by atoms with Crippen molar-refractivity contribution in [2.45, 2.75) is 31.3 Å². The molecule has 2 aromatic rings. The first-order chi connectivity index (χ1) is 13.0. The van der Waals surface area contributed by atoms with Gasteiger partial charge in [-0.2, -0.15) is 0 Å². The maximum Gasteiger partial charge on any atom is 0.469 e.